The molecule has 1 aliphatic rings. The van der Waals surface area contributed by atoms with Crippen LogP contribution in [-0.4, -0.2) is 64.6 Å². The van der Waals surface area contributed by atoms with Crippen LogP contribution < -0.4 is 0 Å². The second-order valence-corrected chi connectivity index (χ2v) is 11.5. The first-order chi connectivity index (χ1) is 21.4. The summed E-state index contributed by atoms with van der Waals surface area (Å²) in [4.78, 5) is 37.1. The topological polar surface area (TPSA) is 66.4 Å². The molecular formula is C35H32F4N4O2. The first-order valence-corrected chi connectivity index (χ1v) is 14.6. The first-order valence-electron chi connectivity index (χ1n) is 14.6. The Morgan fingerprint density at radius 1 is 0.956 bits per heavy atom. The van der Waals surface area contributed by atoms with Gasteiger partial charge in [-0.2, -0.15) is 13.2 Å². The molecule has 0 atom stereocenters. The number of ketones is 2. The maximum absolute atomic E-state index is 14.7. The Labute approximate surface area is 259 Å². The van der Waals surface area contributed by atoms with Crippen molar-refractivity contribution in [1.82, 2.24) is 19.8 Å². The number of carbonyl (C=O) groups excluding carboxylic acids is 2. The van der Waals surface area contributed by atoms with Crippen molar-refractivity contribution in [2.45, 2.75) is 39.4 Å². The van der Waals surface area contributed by atoms with Crippen LogP contribution >= 0.6 is 0 Å². The Balaban J connectivity index is 1.36. The smallest absolute Gasteiger partial charge is 0.304 e. The van der Waals surface area contributed by atoms with Gasteiger partial charge in [-0.25, -0.2) is 14.4 Å². The van der Waals surface area contributed by atoms with E-state index in [1.54, 1.807) is 30.3 Å². The molecule has 2 heterocycles. The summed E-state index contributed by atoms with van der Waals surface area (Å²) in [5, 5.41) is 0.206. The van der Waals surface area contributed by atoms with Crippen LogP contribution in [0.25, 0.3) is 10.9 Å². The van der Waals surface area contributed by atoms with Gasteiger partial charge in [0.05, 0.1) is 22.9 Å². The van der Waals surface area contributed by atoms with Crippen molar-refractivity contribution in [2.75, 3.05) is 33.2 Å². The van der Waals surface area contributed by atoms with Crippen LogP contribution in [0.5, 0.6) is 0 Å². The number of rotatable bonds is 7. The van der Waals surface area contributed by atoms with Crippen molar-refractivity contribution in [3.8, 4) is 11.8 Å². The van der Waals surface area contributed by atoms with Gasteiger partial charge in [-0.1, -0.05) is 36.1 Å². The second kappa shape index (κ2) is 13.3. The van der Waals surface area contributed by atoms with E-state index in [-0.39, 0.29) is 53.3 Å². The molecule has 0 spiro atoms. The fourth-order valence-electron chi connectivity index (χ4n) is 5.25. The lowest BCUT2D eigenvalue weighted by Gasteiger charge is -2.33. The van der Waals surface area contributed by atoms with Gasteiger partial charge in [0.25, 0.3) is 0 Å². The highest BCUT2D eigenvalue weighted by Crippen LogP contribution is 2.34. The number of piperazine rings is 1. The minimum atomic E-state index is -4.54. The number of carbonyl (C=O) groups is 2. The number of fused-ring (bicyclic) bond motifs is 1. The zero-order valence-corrected chi connectivity index (χ0v) is 25.3. The van der Waals surface area contributed by atoms with E-state index in [2.05, 4.69) is 26.7 Å². The monoisotopic (exact) mass is 616 g/mol. The van der Waals surface area contributed by atoms with E-state index in [1.807, 2.05) is 18.9 Å². The van der Waals surface area contributed by atoms with E-state index in [1.165, 1.54) is 25.3 Å². The van der Waals surface area contributed by atoms with Crippen LogP contribution in [0.3, 0.4) is 0 Å². The van der Waals surface area contributed by atoms with E-state index in [0.29, 0.717) is 35.3 Å². The number of aromatic nitrogens is 2. The number of hydrogen-bond acceptors (Lipinski definition) is 6. The molecule has 0 bridgehead atoms. The van der Waals surface area contributed by atoms with E-state index in [4.69, 9.17) is 0 Å². The number of nitrogens with zero attached hydrogens (tertiary/aromatic N) is 4. The Morgan fingerprint density at radius 2 is 1.71 bits per heavy atom. The lowest BCUT2D eigenvalue weighted by atomic mass is 9.96. The molecule has 0 unspecified atom stereocenters. The number of hydrogen-bond donors (Lipinski definition) is 0. The van der Waals surface area contributed by atoms with Gasteiger partial charge >= 0.3 is 6.18 Å². The molecule has 232 valence electrons. The summed E-state index contributed by atoms with van der Waals surface area (Å²) in [5.74, 6) is 5.17. The fraction of sp³-hybridized carbons (Fsp3) is 0.314. The number of alkyl halides is 3. The molecule has 0 radical (unpaired) electrons. The van der Waals surface area contributed by atoms with E-state index in [0.717, 1.165) is 24.7 Å². The lowest BCUT2D eigenvalue weighted by Crippen LogP contribution is -2.44. The maximum Gasteiger partial charge on any atom is 0.416 e. The number of aryl methyl sites for hydroxylation is 1. The molecule has 45 heavy (non-hydrogen) atoms. The van der Waals surface area contributed by atoms with Crippen molar-refractivity contribution in [3.63, 3.8) is 0 Å². The van der Waals surface area contributed by atoms with Crippen molar-refractivity contribution in [1.29, 1.82) is 0 Å². The summed E-state index contributed by atoms with van der Waals surface area (Å²) >= 11 is 0. The molecule has 3 aromatic carbocycles. The molecule has 1 saturated heterocycles. The Hall–Kier alpha value is -4.46. The molecule has 6 nitrogen and oxygen atoms in total. The van der Waals surface area contributed by atoms with Crippen LogP contribution in [0.4, 0.5) is 17.6 Å². The van der Waals surface area contributed by atoms with Gasteiger partial charge in [0.15, 0.2) is 5.78 Å². The highest BCUT2D eigenvalue weighted by molar-refractivity contribution is 5.98. The lowest BCUT2D eigenvalue weighted by molar-refractivity contribution is -0.138. The van der Waals surface area contributed by atoms with Gasteiger partial charge in [-0.3, -0.25) is 14.5 Å². The third kappa shape index (κ3) is 7.98. The van der Waals surface area contributed by atoms with E-state index < -0.39 is 17.6 Å². The van der Waals surface area contributed by atoms with Crippen LogP contribution in [0.2, 0.25) is 0 Å². The summed E-state index contributed by atoms with van der Waals surface area (Å²) in [7, 11) is 1.99. The van der Waals surface area contributed by atoms with Crippen LogP contribution in [-0.2, 0) is 30.4 Å². The van der Waals surface area contributed by atoms with Crippen molar-refractivity contribution >= 4 is 22.5 Å². The molecule has 1 fully saturated rings. The number of likely N-dealkylation sites (N-methyl/N-ethyl adjacent to an activating group) is 1. The summed E-state index contributed by atoms with van der Waals surface area (Å²) in [5.41, 5.74) is 2.04. The average Bonchev–Trinajstić information content (AvgIpc) is 2.97. The van der Waals surface area contributed by atoms with Crippen molar-refractivity contribution in [3.05, 3.63) is 105 Å². The zero-order chi connectivity index (χ0) is 32.3. The Bertz CT molecular complexity index is 1830. The van der Waals surface area contributed by atoms with Crippen molar-refractivity contribution < 1.29 is 27.2 Å². The van der Waals surface area contributed by atoms with Gasteiger partial charge in [0.2, 0.25) is 0 Å². The number of halogens is 4. The van der Waals surface area contributed by atoms with Crippen LogP contribution in [0, 0.1) is 24.6 Å². The number of Topliss-reactive ketones (excluding diaryl/α,β-unsaturated/α-hetero) is 2. The predicted octanol–water partition coefficient (Wildman–Crippen LogP) is 5.80. The van der Waals surface area contributed by atoms with Gasteiger partial charge in [0.1, 0.15) is 17.4 Å². The second-order valence-electron chi connectivity index (χ2n) is 11.5. The maximum atomic E-state index is 14.7. The molecule has 0 N–H and O–H groups in total. The third-order valence-electron chi connectivity index (χ3n) is 7.84. The average molecular weight is 617 g/mol. The summed E-state index contributed by atoms with van der Waals surface area (Å²) in [6.07, 6.45) is -3.38. The summed E-state index contributed by atoms with van der Waals surface area (Å²) in [6, 6.07) is 12.0. The SMILES string of the molecule is CC(=O)Cc1ncc2c(F)cc(C#Cc3cc(C(=O)Cc4ccc(CN5CCN(C)CC5)c(C(F)(F)F)c4)ccc3C)cc2n1. The highest BCUT2D eigenvalue weighted by atomic mass is 19.4. The standard InChI is InChI=1S/C35H32F4N4O2/c1-22-4-7-27(19-26(22)8-5-25-16-31(36)29-20-40-34(14-23(2)44)41-32(29)17-25)33(45)18-24-6-9-28(30(15-24)35(37,38)39)21-43-12-10-42(3)11-13-43/h4,6-7,9,15-17,19-20H,10-14,18,21H2,1-3H3. The van der Waals surface area contributed by atoms with Gasteiger partial charge < -0.3 is 4.90 Å². The Kier molecular flexibility index (Phi) is 9.42. The summed E-state index contributed by atoms with van der Waals surface area (Å²) < 4.78 is 56.9. The molecule has 1 aromatic heterocycles. The predicted molar refractivity (Wildman–Crippen MR) is 163 cm³/mol. The molecule has 0 amide bonds. The zero-order valence-electron chi connectivity index (χ0n) is 25.3. The largest absolute Gasteiger partial charge is 0.416 e. The molecule has 5 rings (SSSR count). The van der Waals surface area contributed by atoms with Gasteiger partial charge in [-0.05, 0) is 61.9 Å². The fourth-order valence-corrected chi connectivity index (χ4v) is 5.25. The van der Waals surface area contributed by atoms with Gasteiger partial charge in [-0.15, -0.1) is 0 Å². The highest BCUT2D eigenvalue weighted by Gasteiger charge is 2.34. The molecule has 0 saturated carbocycles. The normalized spacial score (nSPS) is 14.3. The molecule has 1 aliphatic heterocycles. The van der Waals surface area contributed by atoms with E-state index >= 15 is 0 Å². The molecule has 4 aromatic rings. The van der Waals surface area contributed by atoms with Crippen LogP contribution in [0.1, 0.15) is 56.5 Å². The van der Waals surface area contributed by atoms with Crippen LogP contribution in [0.15, 0.2) is 54.7 Å². The summed E-state index contributed by atoms with van der Waals surface area (Å²) in [6.45, 7) is 6.42. The molecular weight excluding hydrogens is 584 g/mol. The van der Waals surface area contributed by atoms with Crippen molar-refractivity contribution in [2.24, 2.45) is 0 Å². The minimum absolute atomic E-state index is 0.0335. The first kappa shape index (κ1) is 31.9. The minimum Gasteiger partial charge on any atom is -0.304 e. The van der Waals surface area contributed by atoms with E-state index in [9.17, 15) is 27.2 Å². The molecule has 10 heteroatoms. The molecule has 0 aliphatic carbocycles. The third-order valence-corrected chi connectivity index (χ3v) is 7.84. The Morgan fingerprint density at radius 3 is 2.42 bits per heavy atom. The van der Waals surface area contributed by atoms with Gasteiger partial charge in [0, 0.05) is 62.0 Å². The number of benzene rings is 3. The quantitative estimate of drug-likeness (QED) is 0.149.